The van der Waals surface area contributed by atoms with Gasteiger partial charge >= 0.3 is 5.97 Å². The van der Waals surface area contributed by atoms with Crippen molar-refractivity contribution in [3.8, 4) is 0 Å². The van der Waals surface area contributed by atoms with Crippen molar-refractivity contribution < 1.29 is 19.4 Å². The van der Waals surface area contributed by atoms with E-state index in [2.05, 4.69) is 15.3 Å². The van der Waals surface area contributed by atoms with Crippen LogP contribution in [0.4, 0.5) is 0 Å². The highest BCUT2D eigenvalue weighted by Gasteiger charge is 2.03. The zero-order chi connectivity index (χ0) is 12.7. The molecule has 2 N–H and O–H groups in total. The van der Waals surface area contributed by atoms with Gasteiger partial charge in [-0.3, -0.25) is 4.79 Å². The molecule has 0 unspecified atom stereocenters. The molecule has 0 atom stereocenters. The Morgan fingerprint density at radius 1 is 1.41 bits per heavy atom. The van der Waals surface area contributed by atoms with E-state index < -0.39 is 18.5 Å². The molecule has 0 saturated carbocycles. The van der Waals surface area contributed by atoms with Gasteiger partial charge in [-0.15, -0.1) is 0 Å². The number of nitrogens with zero attached hydrogens (tertiary/aromatic N) is 1. The Balaban J connectivity index is 2.62. The molecule has 0 fully saturated rings. The predicted molar refractivity (Wildman–Crippen MR) is 60.6 cm³/mol. The second-order valence-corrected chi connectivity index (χ2v) is 3.06. The van der Waals surface area contributed by atoms with E-state index in [0.717, 1.165) is 0 Å². The van der Waals surface area contributed by atoms with E-state index in [1.54, 1.807) is 24.3 Å². The van der Waals surface area contributed by atoms with Crippen LogP contribution >= 0.6 is 0 Å². The molecule has 90 valence electrons. The quantitative estimate of drug-likeness (QED) is 0.434. The van der Waals surface area contributed by atoms with Crippen LogP contribution < -0.4 is 5.43 Å². The molecule has 6 nitrogen and oxygen atoms in total. The lowest BCUT2D eigenvalue weighted by atomic mass is 10.1. The van der Waals surface area contributed by atoms with Gasteiger partial charge in [0.05, 0.1) is 18.9 Å². The molecule has 1 rings (SSSR count). The van der Waals surface area contributed by atoms with Crippen LogP contribution in [0.25, 0.3) is 0 Å². The second kappa shape index (κ2) is 6.39. The van der Waals surface area contributed by atoms with Gasteiger partial charge in [0.15, 0.2) is 0 Å². The number of aliphatic hydroxyl groups excluding tert-OH is 1. The summed E-state index contributed by atoms with van der Waals surface area (Å²) in [4.78, 5) is 21.8. The summed E-state index contributed by atoms with van der Waals surface area (Å²) in [6, 6.07) is 6.48. The Labute approximate surface area is 97.9 Å². The van der Waals surface area contributed by atoms with Crippen molar-refractivity contribution in [2.24, 2.45) is 5.10 Å². The average molecular weight is 236 g/mol. The summed E-state index contributed by atoms with van der Waals surface area (Å²) in [5, 5.41) is 12.0. The molecule has 0 aliphatic rings. The largest absolute Gasteiger partial charge is 0.465 e. The standard InChI is InChI=1S/C11H12N2O4/c1-17-11(16)9-4-2-8(3-5-9)6-12-13-10(15)7-14/h2-6,14H,7H2,1H3,(H,13,15)/b12-6-. The first kappa shape index (κ1) is 12.9. The zero-order valence-electron chi connectivity index (χ0n) is 9.21. The fraction of sp³-hybridized carbons (Fsp3) is 0.182. The van der Waals surface area contributed by atoms with Crippen molar-refractivity contribution in [1.82, 2.24) is 5.43 Å². The lowest BCUT2D eigenvalue weighted by molar-refractivity contribution is -0.123. The number of hydrogen-bond acceptors (Lipinski definition) is 5. The highest BCUT2D eigenvalue weighted by Crippen LogP contribution is 2.03. The van der Waals surface area contributed by atoms with Gasteiger partial charge in [-0.05, 0) is 17.7 Å². The first-order chi connectivity index (χ1) is 8.17. The molecule has 0 heterocycles. The summed E-state index contributed by atoms with van der Waals surface area (Å²) in [7, 11) is 1.31. The number of aliphatic hydroxyl groups is 1. The van der Waals surface area contributed by atoms with Crippen LogP contribution in [-0.4, -0.2) is 36.9 Å². The van der Waals surface area contributed by atoms with Gasteiger partial charge in [0.25, 0.3) is 5.91 Å². The third-order valence-corrected chi connectivity index (χ3v) is 1.88. The van der Waals surface area contributed by atoms with Crippen LogP contribution in [0.3, 0.4) is 0 Å². The maximum absolute atomic E-state index is 11.1. The molecule has 0 aliphatic heterocycles. The van der Waals surface area contributed by atoms with E-state index >= 15 is 0 Å². The molecular formula is C11H12N2O4. The lowest BCUT2D eigenvalue weighted by Crippen LogP contribution is -2.20. The fourth-order valence-corrected chi connectivity index (χ4v) is 1.04. The lowest BCUT2D eigenvalue weighted by Gasteiger charge is -1.99. The molecule has 1 aromatic carbocycles. The number of nitrogens with one attached hydrogen (secondary N) is 1. The summed E-state index contributed by atoms with van der Waals surface area (Å²) >= 11 is 0. The van der Waals surface area contributed by atoms with Crippen molar-refractivity contribution >= 4 is 18.1 Å². The summed E-state index contributed by atoms with van der Waals surface area (Å²) in [5.41, 5.74) is 3.26. The molecule has 1 amide bonds. The van der Waals surface area contributed by atoms with Crippen molar-refractivity contribution in [2.75, 3.05) is 13.7 Å². The number of hydrogen-bond donors (Lipinski definition) is 2. The van der Waals surface area contributed by atoms with Crippen LogP contribution in [0.5, 0.6) is 0 Å². The minimum Gasteiger partial charge on any atom is -0.465 e. The highest BCUT2D eigenvalue weighted by atomic mass is 16.5. The van der Waals surface area contributed by atoms with Gasteiger partial charge in [-0.25, -0.2) is 10.2 Å². The third kappa shape index (κ3) is 4.04. The average Bonchev–Trinajstić information content (AvgIpc) is 2.38. The first-order valence-electron chi connectivity index (χ1n) is 4.78. The summed E-state index contributed by atoms with van der Waals surface area (Å²) < 4.78 is 4.55. The van der Waals surface area contributed by atoms with Gasteiger partial charge < -0.3 is 9.84 Å². The number of benzene rings is 1. The fourth-order valence-electron chi connectivity index (χ4n) is 1.04. The minimum absolute atomic E-state index is 0.415. The smallest absolute Gasteiger partial charge is 0.337 e. The molecular weight excluding hydrogens is 224 g/mol. The van der Waals surface area contributed by atoms with Gasteiger partial charge in [0.1, 0.15) is 6.61 Å². The second-order valence-electron chi connectivity index (χ2n) is 3.06. The Bertz CT molecular complexity index is 426. The van der Waals surface area contributed by atoms with E-state index in [0.29, 0.717) is 11.1 Å². The molecule has 0 bridgehead atoms. The predicted octanol–water partition coefficient (Wildman–Crippen LogP) is -0.0844. The highest BCUT2D eigenvalue weighted by molar-refractivity contribution is 5.90. The van der Waals surface area contributed by atoms with Gasteiger partial charge in [0.2, 0.25) is 0 Å². The number of hydrazone groups is 1. The normalized spacial score (nSPS) is 10.2. The Morgan fingerprint density at radius 2 is 2.06 bits per heavy atom. The van der Waals surface area contributed by atoms with Gasteiger partial charge in [-0.1, -0.05) is 12.1 Å². The van der Waals surface area contributed by atoms with Gasteiger partial charge in [-0.2, -0.15) is 5.10 Å². The van der Waals surface area contributed by atoms with Crippen LogP contribution in [0.1, 0.15) is 15.9 Å². The number of amides is 1. The number of carbonyl (C=O) groups is 2. The van der Waals surface area contributed by atoms with Crippen molar-refractivity contribution in [1.29, 1.82) is 0 Å². The molecule has 0 saturated heterocycles. The number of ether oxygens (including phenoxy) is 1. The molecule has 0 aliphatic carbocycles. The Kier molecular flexibility index (Phi) is 4.83. The van der Waals surface area contributed by atoms with Crippen molar-refractivity contribution in [3.05, 3.63) is 35.4 Å². The van der Waals surface area contributed by atoms with Gasteiger partial charge in [0, 0.05) is 0 Å². The third-order valence-electron chi connectivity index (χ3n) is 1.88. The number of carbonyl (C=O) groups excluding carboxylic acids is 2. The number of methoxy groups -OCH3 is 1. The SMILES string of the molecule is COC(=O)c1ccc(/C=N\NC(=O)CO)cc1. The topological polar surface area (TPSA) is 88.0 Å². The van der Waals surface area contributed by atoms with Crippen LogP contribution in [-0.2, 0) is 9.53 Å². The summed E-state index contributed by atoms with van der Waals surface area (Å²) in [6.07, 6.45) is 1.40. The maximum Gasteiger partial charge on any atom is 0.337 e. The number of rotatable bonds is 4. The number of esters is 1. The van der Waals surface area contributed by atoms with Crippen LogP contribution in [0, 0.1) is 0 Å². The van der Waals surface area contributed by atoms with E-state index in [1.165, 1.54) is 13.3 Å². The summed E-state index contributed by atoms with van der Waals surface area (Å²) in [6.45, 7) is -0.612. The maximum atomic E-state index is 11.1. The van der Waals surface area contributed by atoms with Crippen LogP contribution in [0.2, 0.25) is 0 Å². The molecule has 0 spiro atoms. The van der Waals surface area contributed by atoms with E-state index in [1.807, 2.05) is 0 Å². The zero-order valence-corrected chi connectivity index (χ0v) is 9.21. The van der Waals surface area contributed by atoms with E-state index in [4.69, 9.17) is 5.11 Å². The molecule has 6 heteroatoms. The van der Waals surface area contributed by atoms with E-state index in [-0.39, 0.29) is 0 Å². The molecule has 0 aromatic heterocycles. The van der Waals surface area contributed by atoms with E-state index in [9.17, 15) is 9.59 Å². The minimum atomic E-state index is -0.612. The molecule has 0 radical (unpaired) electrons. The monoisotopic (exact) mass is 236 g/mol. The summed E-state index contributed by atoms with van der Waals surface area (Å²) in [5.74, 6) is -1.01. The van der Waals surface area contributed by atoms with Crippen molar-refractivity contribution in [2.45, 2.75) is 0 Å². The molecule has 17 heavy (non-hydrogen) atoms. The van der Waals surface area contributed by atoms with Crippen LogP contribution in [0.15, 0.2) is 29.4 Å². The molecule has 1 aromatic rings. The Morgan fingerprint density at radius 3 is 2.59 bits per heavy atom. The Hall–Kier alpha value is -2.21. The first-order valence-corrected chi connectivity index (χ1v) is 4.78. The van der Waals surface area contributed by atoms with Crippen molar-refractivity contribution in [3.63, 3.8) is 0 Å².